The fourth-order valence-electron chi connectivity index (χ4n) is 2.84. The molecule has 4 aromatic carbocycles. The summed E-state index contributed by atoms with van der Waals surface area (Å²) >= 11 is 0. The summed E-state index contributed by atoms with van der Waals surface area (Å²) in [5.74, 6) is 8.18. The fraction of sp³-hybridized carbons (Fsp3) is 0. The largest absolute Gasteiger partial charge is 0.457 e. The van der Waals surface area contributed by atoms with Crippen molar-refractivity contribution in [3.8, 4) is 34.5 Å². The zero-order chi connectivity index (χ0) is 18.3. The molecule has 128 valence electrons. The third kappa shape index (κ3) is 4.26. The summed E-state index contributed by atoms with van der Waals surface area (Å²) in [6, 6.07) is 36.2. The second-order valence-electron chi connectivity index (χ2n) is 6.10. The lowest BCUT2D eigenvalue weighted by Gasteiger charge is -2.10. The average Bonchev–Trinajstić information content (AvgIpc) is 2.75. The summed E-state index contributed by atoms with van der Waals surface area (Å²) in [5.41, 5.74) is 4.16. The lowest BCUT2D eigenvalue weighted by molar-refractivity contribution is 0.483. The zero-order valence-corrected chi connectivity index (χ0v) is 14.8. The number of hydrogen-bond acceptors (Lipinski definition) is 1. The number of rotatable bonds is 3. The molecule has 0 radical (unpaired) electrons. The van der Waals surface area contributed by atoms with Crippen LogP contribution in [0.15, 0.2) is 109 Å². The van der Waals surface area contributed by atoms with Crippen LogP contribution >= 0.6 is 0 Å². The molecule has 0 bridgehead atoms. The van der Waals surface area contributed by atoms with Crippen molar-refractivity contribution < 1.29 is 4.74 Å². The van der Waals surface area contributed by atoms with E-state index in [1.165, 1.54) is 0 Å². The predicted octanol–water partition coefficient (Wildman–Crippen LogP) is 6.55. The maximum absolute atomic E-state index is 6.01. The molecule has 0 heterocycles. The van der Waals surface area contributed by atoms with Crippen molar-refractivity contribution in [3.05, 3.63) is 120 Å². The summed E-state index contributed by atoms with van der Waals surface area (Å²) in [6.45, 7) is 0. The van der Waals surface area contributed by atoms with Gasteiger partial charge in [0.15, 0.2) is 0 Å². The van der Waals surface area contributed by atoms with E-state index >= 15 is 0 Å². The minimum absolute atomic E-state index is 0.797. The number of para-hydroxylation sites is 1. The minimum atomic E-state index is 0.797. The van der Waals surface area contributed by atoms with Crippen molar-refractivity contribution in [3.63, 3.8) is 0 Å². The first kappa shape index (κ1) is 16.7. The van der Waals surface area contributed by atoms with E-state index < -0.39 is 0 Å². The molecule has 0 atom stereocenters. The molecule has 0 aliphatic heterocycles. The molecule has 0 fully saturated rings. The summed E-state index contributed by atoms with van der Waals surface area (Å²) in [5, 5.41) is 0. The Morgan fingerprint density at radius 1 is 0.519 bits per heavy atom. The van der Waals surface area contributed by atoms with E-state index in [9.17, 15) is 0 Å². The molecule has 27 heavy (non-hydrogen) atoms. The van der Waals surface area contributed by atoms with Crippen molar-refractivity contribution in [1.82, 2.24) is 0 Å². The maximum Gasteiger partial charge on any atom is 0.128 e. The first-order valence-corrected chi connectivity index (χ1v) is 8.88. The van der Waals surface area contributed by atoms with E-state index in [0.717, 1.165) is 33.8 Å². The quantitative estimate of drug-likeness (QED) is 0.382. The lowest BCUT2D eigenvalue weighted by Crippen LogP contribution is -1.89. The van der Waals surface area contributed by atoms with Gasteiger partial charge in [-0.1, -0.05) is 78.6 Å². The van der Waals surface area contributed by atoms with Gasteiger partial charge in [-0.3, -0.25) is 0 Å². The Balaban J connectivity index is 1.74. The molecular weight excluding hydrogens is 328 g/mol. The monoisotopic (exact) mass is 346 g/mol. The van der Waals surface area contributed by atoms with Gasteiger partial charge in [-0.05, 0) is 48.0 Å². The molecule has 0 N–H and O–H groups in total. The molecule has 0 saturated heterocycles. The molecule has 0 spiro atoms. The van der Waals surface area contributed by atoms with Crippen LogP contribution in [0.2, 0.25) is 0 Å². The van der Waals surface area contributed by atoms with Crippen molar-refractivity contribution in [2.45, 2.75) is 0 Å². The van der Waals surface area contributed by atoms with Crippen LogP contribution in [0, 0.1) is 11.8 Å². The highest BCUT2D eigenvalue weighted by Gasteiger charge is 2.06. The van der Waals surface area contributed by atoms with Gasteiger partial charge in [0.1, 0.15) is 11.5 Å². The Bertz CT molecular complexity index is 1070. The van der Waals surface area contributed by atoms with Crippen LogP contribution in [0.4, 0.5) is 0 Å². The SMILES string of the molecule is C(#Cc1ccc(Oc2ccccc2)cc1-c1ccccc1)c1ccccc1. The zero-order valence-electron chi connectivity index (χ0n) is 14.8. The Morgan fingerprint density at radius 2 is 1.15 bits per heavy atom. The number of ether oxygens (including phenoxy) is 1. The van der Waals surface area contributed by atoms with Crippen LogP contribution in [0.1, 0.15) is 11.1 Å². The van der Waals surface area contributed by atoms with Crippen LogP contribution in [0.3, 0.4) is 0 Å². The van der Waals surface area contributed by atoms with E-state index in [-0.39, 0.29) is 0 Å². The summed E-state index contributed by atoms with van der Waals surface area (Å²) in [6.07, 6.45) is 0. The van der Waals surface area contributed by atoms with Crippen molar-refractivity contribution in [2.24, 2.45) is 0 Å². The Morgan fingerprint density at radius 3 is 1.85 bits per heavy atom. The third-order valence-corrected chi connectivity index (χ3v) is 4.17. The molecule has 0 aliphatic carbocycles. The van der Waals surface area contributed by atoms with Crippen LogP contribution in [0.5, 0.6) is 11.5 Å². The average molecular weight is 346 g/mol. The van der Waals surface area contributed by atoms with E-state index in [0.29, 0.717) is 0 Å². The lowest BCUT2D eigenvalue weighted by atomic mass is 9.99. The highest BCUT2D eigenvalue weighted by atomic mass is 16.5. The molecule has 0 amide bonds. The summed E-state index contributed by atoms with van der Waals surface area (Å²) in [4.78, 5) is 0. The van der Waals surface area contributed by atoms with Crippen LogP contribution < -0.4 is 4.74 Å². The van der Waals surface area contributed by atoms with Crippen LogP contribution in [-0.4, -0.2) is 0 Å². The predicted molar refractivity (Wildman–Crippen MR) is 111 cm³/mol. The number of hydrogen-bond donors (Lipinski definition) is 0. The molecule has 1 nitrogen and oxygen atoms in total. The van der Waals surface area contributed by atoms with Gasteiger partial charge in [-0.2, -0.15) is 0 Å². The minimum Gasteiger partial charge on any atom is -0.457 e. The standard InChI is InChI=1S/C26H18O/c1-4-10-21(11-5-1)16-17-23-18-19-25(27-24-14-8-3-9-15-24)20-26(23)22-12-6-2-7-13-22/h1-15,18-20H. The van der Waals surface area contributed by atoms with Gasteiger partial charge in [0.25, 0.3) is 0 Å². The first-order chi connectivity index (χ1) is 13.4. The maximum atomic E-state index is 6.01. The van der Waals surface area contributed by atoms with Crippen molar-refractivity contribution in [1.29, 1.82) is 0 Å². The smallest absolute Gasteiger partial charge is 0.128 e. The molecule has 1 heteroatoms. The van der Waals surface area contributed by atoms with E-state index in [4.69, 9.17) is 4.74 Å². The number of benzene rings is 4. The molecule has 0 saturated carbocycles. The second kappa shape index (κ2) is 8.08. The Kier molecular flexibility index (Phi) is 5.00. The van der Waals surface area contributed by atoms with Gasteiger partial charge in [-0.25, -0.2) is 0 Å². The van der Waals surface area contributed by atoms with E-state index in [1.54, 1.807) is 0 Å². The van der Waals surface area contributed by atoms with Gasteiger partial charge in [-0.15, -0.1) is 0 Å². The van der Waals surface area contributed by atoms with Gasteiger partial charge < -0.3 is 4.74 Å². The topological polar surface area (TPSA) is 9.23 Å². The van der Waals surface area contributed by atoms with Crippen LogP contribution in [0.25, 0.3) is 11.1 Å². The van der Waals surface area contributed by atoms with Crippen LogP contribution in [-0.2, 0) is 0 Å². The highest BCUT2D eigenvalue weighted by molar-refractivity contribution is 5.73. The van der Waals surface area contributed by atoms with E-state index in [2.05, 4.69) is 30.0 Å². The highest BCUT2D eigenvalue weighted by Crippen LogP contribution is 2.30. The molecular formula is C26H18O. The molecule has 0 aromatic heterocycles. The molecule has 4 aromatic rings. The first-order valence-electron chi connectivity index (χ1n) is 8.88. The Labute approximate surface area is 159 Å². The molecule has 0 unspecified atom stereocenters. The van der Waals surface area contributed by atoms with Gasteiger partial charge in [0.05, 0.1) is 0 Å². The summed E-state index contributed by atoms with van der Waals surface area (Å²) in [7, 11) is 0. The van der Waals surface area contributed by atoms with Gasteiger partial charge in [0.2, 0.25) is 0 Å². The Hall–Kier alpha value is -3.76. The van der Waals surface area contributed by atoms with Crippen molar-refractivity contribution >= 4 is 0 Å². The summed E-state index contributed by atoms with van der Waals surface area (Å²) < 4.78 is 6.01. The van der Waals surface area contributed by atoms with Gasteiger partial charge >= 0.3 is 0 Å². The third-order valence-electron chi connectivity index (χ3n) is 4.17. The van der Waals surface area contributed by atoms with Gasteiger partial charge in [0, 0.05) is 16.7 Å². The fourth-order valence-corrected chi connectivity index (χ4v) is 2.84. The normalized spacial score (nSPS) is 9.93. The molecule has 4 rings (SSSR count). The van der Waals surface area contributed by atoms with Crippen molar-refractivity contribution in [2.75, 3.05) is 0 Å². The second-order valence-corrected chi connectivity index (χ2v) is 6.10. The molecule has 0 aliphatic rings. The van der Waals surface area contributed by atoms with E-state index in [1.807, 2.05) is 91.0 Å².